The number of carbonyl (C=O) groups is 1. The van der Waals surface area contributed by atoms with E-state index in [2.05, 4.69) is 25.7 Å². The molecule has 0 aromatic heterocycles. The summed E-state index contributed by atoms with van der Waals surface area (Å²) < 4.78 is 0. The fourth-order valence-electron chi connectivity index (χ4n) is 3.87. The second-order valence-corrected chi connectivity index (χ2v) is 6.89. The van der Waals surface area contributed by atoms with Crippen LogP contribution in [0.5, 0.6) is 0 Å². The van der Waals surface area contributed by atoms with E-state index in [-0.39, 0.29) is 17.4 Å². The highest BCUT2D eigenvalue weighted by atomic mass is 16.2. The molecule has 2 rings (SSSR count). The van der Waals surface area contributed by atoms with Gasteiger partial charge in [-0.2, -0.15) is 0 Å². The van der Waals surface area contributed by atoms with Crippen molar-refractivity contribution in [2.24, 2.45) is 23.0 Å². The van der Waals surface area contributed by atoms with Crippen LogP contribution in [0.25, 0.3) is 0 Å². The molecule has 1 aliphatic heterocycles. The minimum absolute atomic E-state index is 0.177. The average Bonchev–Trinajstić information content (AvgIpc) is 2.67. The zero-order chi connectivity index (χ0) is 13.3. The lowest BCUT2D eigenvalue weighted by atomic mass is 9.80. The second-order valence-electron chi connectivity index (χ2n) is 6.89. The van der Waals surface area contributed by atoms with E-state index in [1.54, 1.807) is 0 Å². The second kappa shape index (κ2) is 5.20. The maximum absolute atomic E-state index is 12.8. The van der Waals surface area contributed by atoms with Crippen molar-refractivity contribution in [3.63, 3.8) is 0 Å². The number of nitrogens with zero attached hydrogens (tertiary/aromatic N) is 1. The smallest absolute Gasteiger partial charge is 0.226 e. The molecule has 0 spiro atoms. The molecule has 3 atom stereocenters. The fourth-order valence-corrected chi connectivity index (χ4v) is 3.87. The third-order valence-electron chi connectivity index (χ3n) is 5.20. The van der Waals surface area contributed by atoms with Crippen molar-refractivity contribution in [2.75, 3.05) is 13.1 Å². The van der Waals surface area contributed by atoms with E-state index < -0.39 is 0 Å². The number of likely N-dealkylation sites (tertiary alicyclic amines) is 1. The highest BCUT2D eigenvalue weighted by Crippen LogP contribution is 2.44. The topological polar surface area (TPSA) is 46.3 Å². The van der Waals surface area contributed by atoms with Gasteiger partial charge in [0.2, 0.25) is 5.91 Å². The van der Waals surface area contributed by atoms with Gasteiger partial charge in [0.25, 0.3) is 0 Å². The summed E-state index contributed by atoms with van der Waals surface area (Å²) in [6.45, 7) is 8.25. The maximum atomic E-state index is 12.8. The summed E-state index contributed by atoms with van der Waals surface area (Å²) in [5.74, 6) is 1.15. The van der Waals surface area contributed by atoms with Gasteiger partial charge >= 0.3 is 0 Å². The molecule has 3 unspecified atom stereocenters. The standard InChI is InChI=1S/C15H28N2O/c1-11-6-5-9-17(13(11)10-16)14(18)12-7-4-8-15(12,2)3/h11-13H,4-10,16H2,1-3H3. The fraction of sp³-hybridized carbons (Fsp3) is 0.933. The molecule has 1 saturated carbocycles. The molecule has 0 aromatic carbocycles. The molecule has 3 heteroatoms. The maximum Gasteiger partial charge on any atom is 0.226 e. The van der Waals surface area contributed by atoms with Crippen LogP contribution in [0.15, 0.2) is 0 Å². The summed E-state index contributed by atoms with van der Waals surface area (Å²) in [5, 5.41) is 0. The van der Waals surface area contributed by atoms with Crippen molar-refractivity contribution < 1.29 is 4.79 Å². The Labute approximate surface area is 111 Å². The Bertz CT molecular complexity index is 314. The highest BCUT2D eigenvalue weighted by Gasteiger charge is 2.43. The number of rotatable bonds is 2. The molecule has 1 saturated heterocycles. The minimum Gasteiger partial charge on any atom is -0.338 e. The summed E-state index contributed by atoms with van der Waals surface area (Å²) in [5.41, 5.74) is 6.07. The van der Waals surface area contributed by atoms with E-state index >= 15 is 0 Å². The molecule has 0 bridgehead atoms. The zero-order valence-electron chi connectivity index (χ0n) is 12.1. The van der Waals surface area contributed by atoms with Crippen LogP contribution in [0.3, 0.4) is 0 Å². The van der Waals surface area contributed by atoms with Crippen molar-refractivity contribution >= 4 is 5.91 Å². The lowest BCUT2D eigenvalue weighted by Gasteiger charge is -2.42. The summed E-state index contributed by atoms with van der Waals surface area (Å²) in [6.07, 6.45) is 5.78. The number of carbonyl (C=O) groups excluding carboxylic acids is 1. The summed E-state index contributed by atoms with van der Waals surface area (Å²) >= 11 is 0. The van der Waals surface area contributed by atoms with Gasteiger partial charge in [-0.1, -0.05) is 27.2 Å². The first-order chi connectivity index (χ1) is 8.47. The predicted molar refractivity (Wildman–Crippen MR) is 74.1 cm³/mol. The van der Waals surface area contributed by atoms with Crippen molar-refractivity contribution in [2.45, 2.75) is 58.9 Å². The van der Waals surface area contributed by atoms with Gasteiger partial charge in [-0.3, -0.25) is 4.79 Å². The Morgan fingerprint density at radius 3 is 2.61 bits per heavy atom. The van der Waals surface area contributed by atoms with Crippen LogP contribution < -0.4 is 5.73 Å². The van der Waals surface area contributed by atoms with E-state index in [0.29, 0.717) is 18.4 Å². The van der Waals surface area contributed by atoms with Crippen LogP contribution in [0, 0.1) is 17.3 Å². The van der Waals surface area contributed by atoms with Crippen molar-refractivity contribution in [1.29, 1.82) is 0 Å². The molecule has 3 nitrogen and oxygen atoms in total. The number of amides is 1. The number of nitrogens with two attached hydrogens (primary N) is 1. The molecular formula is C15H28N2O. The first-order valence-electron chi connectivity index (χ1n) is 7.48. The first-order valence-corrected chi connectivity index (χ1v) is 7.48. The van der Waals surface area contributed by atoms with Gasteiger partial charge in [0, 0.05) is 25.0 Å². The van der Waals surface area contributed by atoms with E-state index in [9.17, 15) is 4.79 Å². The van der Waals surface area contributed by atoms with E-state index in [4.69, 9.17) is 5.73 Å². The van der Waals surface area contributed by atoms with Gasteiger partial charge in [0.05, 0.1) is 0 Å². The molecule has 2 N–H and O–H groups in total. The van der Waals surface area contributed by atoms with Gasteiger partial charge in [0.1, 0.15) is 0 Å². The molecular weight excluding hydrogens is 224 g/mol. The molecule has 104 valence electrons. The summed E-state index contributed by atoms with van der Waals surface area (Å²) in [7, 11) is 0. The lowest BCUT2D eigenvalue weighted by molar-refractivity contribution is -0.143. The molecule has 18 heavy (non-hydrogen) atoms. The average molecular weight is 252 g/mol. The van der Waals surface area contributed by atoms with E-state index in [0.717, 1.165) is 19.4 Å². The number of hydrogen-bond donors (Lipinski definition) is 1. The zero-order valence-corrected chi connectivity index (χ0v) is 12.1. The number of piperidine rings is 1. The van der Waals surface area contributed by atoms with Gasteiger partial charge in [0.15, 0.2) is 0 Å². The van der Waals surface area contributed by atoms with E-state index in [1.165, 1.54) is 19.3 Å². The normalized spacial score (nSPS) is 35.8. The van der Waals surface area contributed by atoms with Gasteiger partial charge < -0.3 is 10.6 Å². The molecule has 0 aromatic rings. The van der Waals surface area contributed by atoms with Crippen LogP contribution in [0.4, 0.5) is 0 Å². The SMILES string of the molecule is CC1CCCN(C(=O)C2CCCC2(C)C)C1CN. The van der Waals surface area contributed by atoms with Crippen LogP contribution in [0.2, 0.25) is 0 Å². The molecule has 1 heterocycles. The quantitative estimate of drug-likeness (QED) is 0.820. The Morgan fingerprint density at radius 2 is 2.06 bits per heavy atom. The predicted octanol–water partition coefficient (Wildman–Crippen LogP) is 2.40. The first kappa shape index (κ1) is 13.9. The van der Waals surface area contributed by atoms with Crippen molar-refractivity contribution in [3.05, 3.63) is 0 Å². The highest BCUT2D eigenvalue weighted by molar-refractivity contribution is 5.80. The number of hydrogen-bond acceptors (Lipinski definition) is 2. The Morgan fingerprint density at radius 1 is 1.33 bits per heavy atom. The van der Waals surface area contributed by atoms with Gasteiger partial charge in [-0.25, -0.2) is 0 Å². The minimum atomic E-state index is 0.177. The van der Waals surface area contributed by atoms with Crippen LogP contribution in [-0.4, -0.2) is 29.9 Å². The molecule has 0 radical (unpaired) electrons. The molecule has 2 aliphatic rings. The van der Waals surface area contributed by atoms with Crippen molar-refractivity contribution in [3.8, 4) is 0 Å². The monoisotopic (exact) mass is 252 g/mol. The molecule has 2 fully saturated rings. The van der Waals surface area contributed by atoms with E-state index in [1.807, 2.05) is 0 Å². The van der Waals surface area contributed by atoms with Crippen LogP contribution in [-0.2, 0) is 4.79 Å². The largest absolute Gasteiger partial charge is 0.338 e. The molecule has 1 aliphatic carbocycles. The molecule has 1 amide bonds. The Hall–Kier alpha value is -0.570. The lowest BCUT2D eigenvalue weighted by Crippen LogP contribution is -2.54. The van der Waals surface area contributed by atoms with Gasteiger partial charge in [-0.05, 0) is 37.0 Å². The van der Waals surface area contributed by atoms with Crippen LogP contribution in [0.1, 0.15) is 52.9 Å². The van der Waals surface area contributed by atoms with Crippen molar-refractivity contribution in [1.82, 2.24) is 4.90 Å². The third kappa shape index (κ3) is 2.42. The Balaban J connectivity index is 2.12. The third-order valence-corrected chi connectivity index (χ3v) is 5.20. The van der Waals surface area contributed by atoms with Gasteiger partial charge in [-0.15, -0.1) is 0 Å². The summed E-state index contributed by atoms with van der Waals surface area (Å²) in [6, 6.07) is 0.266. The summed E-state index contributed by atoms with van der Waals surface area (Å²) in [4.78, 5) is 14.9. The van der Waals surface area contributed by atoms with Crippen LogP contribution >= 0.6 is 0 Å². The Kier molecular flexibility index (Phi) is 4.00.